The fraction of sp³-hybridized carbons (Fsp3) is 0.0588. The Morgan fingerprint density at radius 3 is 2.52 bits per heavy atom. The summed E-state index contributed by atoms with van der Waals surface area (Å²) >= 11 is 0. The predicted molar refractivity (Wildman–Crippen MR) is 81.8 cm³/mol. The van der Waals surface area contributed by atoms with Gasteiger partial charge in [0.2, 0.25) is 5.91 Å². The Morgan fingerprint density at radius 1 is 1.05 bits per heavy atom. The van der Waals surface area contributed by atoms with Gasteiger partial charge in [-0.3, -0.25) is 9.59 Å². The summed E-state index contributed by atoms with van der Waals surface area (Å²) in [6, 6.07) is 15.7. The van der Waals surface area contributed by atoms with E-state index >= 15 is 0 Å². The molecule has 2 aromatic rings. The molecule has 21 heavy (non-hydrogen) atoms. The molecule has 2 aromatic carbocycles. The number of amides is 2. The number of benzene rings is 2. The molecule has 0 aliphatic carbocycles. The van der Waals surface area contributed by atoms with Crippen LogP contribution in [0.5, 0.6) is 0 Å². The van der Waals surface area contributed by atoms with E-state index in [1.165, 1.54) is 0 Å². The maximum Gasteiger partial charge on any atom is 0.251 e. The second kappa shape index (κ2) is 6.92. The highest BCUT2D eigenvalue weighted by Crippen LogP contribution is 2.09. The number of hydrogen-bond donors (Lipinski definition) is 2. The van der Waals surface area contributed by atoms with E-state index in [9.17, 15) is 9.59 Å². The first-order chi connectivity index (χ1) is 10.2. The maximum atomic E-state index is 11.8. The molecule has 2 N–H and O–H groups in total. The Balaban J connectivity index is 1.88. The molecule has 0 bridgehead atoms. The minimum absolute atomic E-state index is 0.103. The van der Waals surface area contributed by atoms with E-state index < -0.39 is 0 Å². The third-order valence-electron chi connectivity index (χ3n) is 2.76. The van der Waals surface area contributed by atoms with Gasteiger partial charge in [0.05, 0.1) is 6.54 Å². The number of anilines is 1. The van der Waals surface area contributed by atoms with E-state index in [1.54, 1.807) is 48.5 Å². The summed E-state index contributed by atoms with van der Waals surface area (Å²) in [5, 5.41) is 5.23. The first-order valence-corrected chi connectivity index (χ1v) is 6.39. The van der Waals surface area contributed by atoms with Crippen molar-refractivity contribution >= 4 is 17.5 Å². The van der Waals surface area contributed by atoms with Crippen molar-refractivity contribution in [2.45, 2.75) is 0 Å². The van der Waals surface area contributed by atoms with Crippen LogP contribution in [0.4, 0.5) is 5.69 Å². The average molecular weight is 278 g/mol. The van der Waals surface area contributed by atoms with Crippen LogP contribution in [0.25, 0.3) is 0 Å². The summed E-state index contributed by atoms with van der Waals surface area (Å²) in [6.45, 7) is -0.103. The molecule has 2 amide bonds. The highest BCUT2D eigenvalue weighted by Gasteiger charge is 2.07. The van der Waals surface area contributed by atoms with E-state index in [0.29, 0.717) is 16.8 Å². The van der Waals surface area contributed by atoms with Gasteiger partial charge in [0.15, 0.2) is 0 Å². The lowest BCUT2D eigenvalue weighted by molar-refractivity contribution is -0.115. The predicted octanol–water partition coefficient (Wildman–Crippen LogP) is 2.04. The zero-order chi connectivity index (χ0) is 15.1. The van der Waals surface area contributed by atoms with Crippen molar-refractivity contribution in [3.8, 4) is 12.3 Å². The van der Waals surface area contributed by atoms with Crippen LogP contribution in [0.15, 0.2) is 54.6 Å². The normalized spacial score (nSPS) is 9.48. The quantitative estimate of drug-likeness (QED) is 0.841. The lowest BCUT2D eigenvalue weighted by Gasteiger charge is -2.07. The minimum Gasteiger partial charge on any atom is -0.343 e. The van der Waals surface area contributed by atoms with Gasteiger partial charge in [0.1, 0.15) is 0 Å². The van der Waals surface area contributed by atoms with Crippen molar-refractivity contribution < 1.29 is 9.59 Å². The number of rotatable bonds is 4. The van der Waals surface area contributed by atoms with Gasteiger partial charge in [-0.1, -0.05) is 30.2 Å². The fourth-order valence-corrected chi connectivity index (χ4v) is 1.74. The van der Waals surface area contributed by atoms with Gasteiger partial charge in [-0.25, -0.2) is 0 Å². The summed E-state index contributed by atoms with van der Waals surface area (Å²) < 4.78 is 0. The van der Waals surface area contributed by atoms with Crippen molar-refractivity contribution in [3.63, 3.8) is 0 Å². The Hall–Kier alpha value is -3.06. The number of hydrogen-bond acceptors (Lipinski definition) is 2. The second-order valence-electron chi connectivity index (χ2n) is 4.32. The van der Waals surface area contributed by atoms with E-state index in [1.807, 2.05) is 6.07 Å². The standard InChI is InChI=1S/C17H14N2O2/c1-2-13-7-6-10-15(11-13)19-16(20)12-18-17(21)14-8-4-3-5-9-14/h1,3-11H,12H2,(H,18,21)(H,19,20). The van der Waals surface area contributed by atoms with E-state index in [0.717, 1.165) is 0 Å². The highest BCUT2D eigenvalue weighted by molar-refractivity contribution is 5.99. The summed E-state index contributed by atoms with van der Waals surface area (Å²) in [5.74, 6) is 1.89. The second-order valence-corrected chi connectivity index (χ2v) is 4.32. The summed E-state index contributed by atoms with van der Waals surface area (Å²) in [4.78, 5) is 23.6. The van der Waals surface area contributed by atoms with Gasteiger partial charge in [-0.2, -0.15) is 0 Å². The minimum atomic E-state index is -0.312. The van der Waals surface area contributed by atoms with Crippen LogP contribution in [0.2, 0.25) is 0 Å². The molecule has 0 aliphatic heterocycles. The molecule has 0 atom stereocenters. The lowest BCUT2D eigenvalue weighted by atomic mass is 10.2. The average Bonchev–Trinajstić information content (AvgIpc) is 2.53. The van der Waals surface area contributed by atoms with E-state index in [2.05, 4.69) is 16.6 Å². The van der Waals surface area contributed by atoms with Gasteiger partial charge in [0, 0.05) is 16.8 Å². The smallest absolute Gasteiger partial charge is 0.251 e. The number of carbonyl (C=O) groups is 2. The third kappa shape index (κ3) is 4.22. The monoisotopic (exact) mass is 278 g/mol. The molecular formula is C17H14N2O2. The molecule has 0 aliphatic rings. The lowest BCUT2D eigenvalue weighted by Crippen LogP contribution is -2.32. The van der Waals surface area contributed by atoms with E-state index in [4.69, 9.17) is 6.42 Å². The molecule has 104 valence electrons. The molecule has 0 fully saturated rings. The SMILES string of the molecule is C#Cc1cccc(NC(=O)CNC(=O)c2ccccc2)c1. The summed E-state index contributed by atoms with van der Waals surface area (Å²) in [6.07, 6.45) is 5.29. The molecule has 0 saturated heterocycles. The van der Waals surface area contributed by atoms with Gasteiger partial charge in [-0.05, 0) is 30.3 Å². The molecule has 0 saturated carbocycles. The van der Waals surface area contributed by atoms with Crippen LogP contribution in [-0.4, -0.2) is 18.4 Å². The first kappa shape index (κ1) is 14.4. The summed E-state index contributed by atoms with van der Waals surface area (Å²) in [7, 11) is 0. The Kier molecular flexibility index (Phi) is 4.73. The summed E-state index contributed by atoms with van der Waals surface area (Å²) in [5.41, 5.74) is 1.80. The van der Waals surface area contributed by atoms with Crippen LogP contribution in [0.3, 0.4) is 0 Å². The third-order valence-corrected chi connectivity index (χ3v) is 2.76. The van der Waals surface area contributed by atoms with Gasteiger partial charge in [0.25, 0.3) is 5.91 Å². The van der Waals surface area contributed by atoms with Gasteiger partial charge < -0.3 is 10.6 Å². The molecular weight excluding hydrogens is 264 g/mol. The molecule has 0 radical (unpaired) electrons. The van der Waals surface area contributed by atoms with Gasteiger partial charge in [-0.15, -0.1) is 6.42 Å². The highest BCUT2D eigenvalue weighted by atomic mass is 16.2. The molecule has 0 aromatic heterocycles. The first-order valence-electron chi connectivity index (χ1n) is 6.39. The molecule has 0 spiro atoms. The van der Waals surface area contributed by atoms with Crippen molar-refractivity contribution in [3.05, 3.63) is 65.7 Å². The topological polar surface area (TPSA) is 58.2 Å². The Morgan fingerprint density at radius 2 is 1.81 bits per heavy atom. The van der Waals surface area contributed by atoms with Crippen LogP contribution >= 0.6 is 0 Å². The van der Waals surface area contributed by atoms with Crippen LogP contribution in [-0.2, 0) is 4.79 Å². The molecule has 0 unspecified atom stereocenters. The van der Waals surface area contributed by atoms with Crippen LogP contribution in [0.1, 0.15) is 15.9 Å². The zero-order valence-electron chi connectivity index (χ0n) is 11.3. The zero-order valence-corrected chi connectivity index (χ0v) is 11.3. The van der Waals surface area contributed by atoms with Crippen molar-refractivity contribution in [1.29, 1.82) is 0 Å². The van der Waals surface area contributed by atoms with Gasteiger partial charge >= 0.3 is 0 Å². The Labute approximate surface area is 123 Å². The van der Waals surface area contributed by atoms with Crippen molar-refractivity contribution in [1.82, 2.24) is 5.32 Å². The maximum absolute atomic E-state index is 11.8. The number of terminal acetylenes is 1. The van der Waals surface area contributed by atoms with Crippen molar-refractivity contribution in [2.24, 2.45) is 0 Å². The van der Waals surface area contributed by atoms with Crippen LogP contribution in [0, 0.1) is 12.3 Å². The molecule has 4 heteroatoms. The fourth-order valence-electron chi connectivity index (χ4n) is 1.74. The molecule has 4 nitrogen and oxygen atoms in total. The number of nitrogens with one attached hydrogen (secondary N) is 2. The number of carbonyl (C=O) groups excluding carboxylic acids is 2. The van der Waals surface area contributed by atoms with E-state index in [-0.39, 0.29) is 18.4 Å². The van der Waals surface area contributed by atoms with Crippen molar-refractivity contribution in [2.75, 3.05) is 11.9 Å². The largest absolute Gasteiger partial charge is 0.343 e. The molecule has 2 rings (SSSR count). The van der Waals surface area contributed by atoms with Crippen LogP contribution < -0.4 is 10.6 Å². The molecule has 0 heterocycles. The Bertz CT molecular complexity index is 687.